The third kappa shape index (κ3) is 2.09. The zero-order valence-electron chi connectivity index (χ0n) is 12.7. The number of hydrogen-bond donors (Lipinski definition) is 1. The van der Waals surface area contributed by atoms with E-state index in [2.05, 4.69) is 46.7 Å². The molecule has 2 aromatic rings. The van der Waals surface area contributed by atoms with E-state index in [4.69, 9.17) is 0 Å². The average molecular weight is 282 g/mol. The van der Waals surface area contributed by atoms with Gasteiger partial charge < -0.3 is 5.32 Å². The number of likely N-dealkylation sites (N-methyl/N-ethyl adjacent to an activating group) is 1. The highest BCUT2D eigenvalue weighted by atomic mass is 15.3. The van der Waals surface area contributed by atoms with Crippen LogP contribution in [0.15, 0.2) is 30.6 Å². The van der Waals surface area contributed by atoms with Crippen LogP contribution in [0.25, 0.3) is 0 Å². The number of aryl methyl sites for hydroxylation is 2. The number of benzene rings is 1. The standard InChI is InChI=1S/C17H22N4/c1-18-14(9-15-19-10-20-21(15)2)17-13-8-7-11-5-3-4-6-12(11)16(13)17/h3-6,10,13-14,16-18H,7-9H2,1-2H3. The second-order valence-corrected chi connectivity index (χ2v) is 6.40. The molecule has 110 valence electrons. The summed E-state index contributed by atoms with van der Waals surface area (Å²) in [6.45, 7) is 0. The molecule has 1 fully saturated rings. The summed E-state index contributed by atoms with van der Waals surface area (Å²) in [4.78, 5) is 4.39. The second-order valence-electron chi connectivity index (χ2n) is 6.40. The molecule has 4 heteroatoms. The zero-order chi connectivity index (χ0) is 14.4. The van der Waals surface area contributed by atoms with Gasteiger partial charge in [-0.05, 0) is 48.8 Å². The molecule has 21 heavy (non-hydrogen) atoms. The second kappa shape index (κ2) is 4.95. The normalized spacial score (nSPS) is 27.8. The SMILES string of the molecule is CNC(Cc1ncnn1C)C1C2CCc3ccccc3C21. The molecule has 4 nitrogen and oxygen atoms in total. The van der Waals surface area contributed by atoms with Crippen molar-refractivity contribution in [1.29, 1.82) is 0 Å². The topological polar surface area (TPSA) is 42.7 Å². The first-order valence-corrected chi connectivity index (χ1v) is 7.87. The number of nitrogens with one attached hydrogen (secondary N) is 1. The number of fused-ring (bicyclic) bond motifs is 3. The molecule has 4 unspecified atom stereocenters. The lowest BCUT2D eigenvalue weighted by Gasteiger charge is -2.16. The third-order valence-electron chi connectivity index (χ3n) is 5.43. The fourth-order valence-electron chi connectivity index (χ4n) is 4.30. The van der Waals surface area contributed by atoms with Crippen LogP contribution < -0.4 is 5.32 Å². The molecule has 1 N–H and O–H groups in total. The minimum absolute atomic E-state index is 0.494. The Hall–Kier alpha value is -1.68. The Balaban J connectivity index is 1.56. The van der Waals surface area contributed by atoms with Crippen LogP contribution in [0.2, 0.25) is 0 Å². The first-order valence-electron chi connectivity index (χ1n) is 7.87. The van der Waals surface area contributed by atoms with E-state index in [1.54, 1.807) is 17.5 Å². The van der Waals surface area contributed by atoms with Crippen LogP contribution in [0.3, 0.4) is 0 Å². The van der Waals surface area contributed by atoms with Gasteiger partial charge in [0.25, 0.3) is 0 Å². The summed E-state index contributed by atoms with van der Waals surface area (Å²) < 4.78 is 1.89. The van der Waals surface area contributed by atoms with Crippen molar-refractivity contribution >= 4 is 0 Å². The Kier molecular flexibility index (Phi) is 3.07. The Morgan fingerprint density at radius 2 is 2.24 bits per heavy atom. The quantitative estimate of drug-likeness (QED) is 0.931. The first-order chi connectivity index (χ1) is 10.3. The lowest BCUT2D eigenvalue weighted by Crippen LogP contribution is -2.32. The summed E-state index contributed by atoms with van der Waals surface area (Å²) in [6, 6.07) is 9.49. The first kappa shape index (κ1) is 13.0. The average Bonchev–Trinajstić information content (AvgIpc) is 3.12. The van der Waals surface area contributed by atoms with Crippen molar-refractivity contribution in [2.75, 3.05) is 7.05 Å². The molecule has 0 spiro atoms. The largest absolute Gasteiger partial charge is 0.316 e. The van der Waals surface area contributed by atoms with E-state index in [1.807, 2.05) is 11.7 Å². The molecular weight excluding hydrogens is 260 g/mol. The van der Waals surface area contributed by atoms with E-state index < -0.39 is 0 Å². The minimum Gasteiger partial charge on any atom is -0.316 e. The fourth-order valence-corrected chi connectivity index (χ4v) is 4.30. The highest BCUT2D eigenvalue weighted by Crippen LogP contribution is 2.61. The fraction of sp³-hybridized carbons (Fsp3) is 0.529. The van der Waals surface area contributed by atoms with Crippen molar-refractivity contribution in [3.63, 3.8) is 0 Å². The zero-order valence-corrected chi connectivity index (χ0v) is 12.7. The van der Waals surface area contributed by atoms with Crippen molar-refractivity contribution in [2.45, 2.75) is 31.2 Å². The van der Waals surface area contributed by atoms with E-state index in [-0.39, 0.29) is 0 Å². The third-order valence-corrected chi connectivity index (χ3v) is 5.43. The van der Waals surface area contributed by atoms with E-state index in [0.717, 1.165) is 30.0 Å². The van der Waals surface area contributed by atoms with E-state index in [0.29, 0.717) is 6.04 Å². The molecule has 1 aromatic heterocycles. The maximum Gasteiger partial charge on any atom is 0.138 e. The van der Waals surface area contributed by atoms with Gasteiger partial charge in [0.2, 0.25) is 0 Å². The molecule has 1 saturated carbocycles. The Morgan fingerprint density at radius 3 is 3.00 bits per heavy atom. The van der Waals surface area contributed by atoms with Gasteiger partial charge in [0.05, 0.1) is 0 Å². The van der Waals surface area contributed by atoms with Crippen molar-refractivity contribution in [3.8, 4) is 0 Å². The van der Waals surface area contributed by atoms with Gasteiger partial charge in [0.1, 0.15) is 12.2 Å². The Labute approximate surface area is 125 Å². The van der Waals surface area contributed by atoms with Gasteiger partial charge in [-0.2, -0.15) is 5.10 Å². The molecule has 1 aromatic carbocycles. The van der Waals surface area contributed by atoms with Crippen LogP contribution >= 0.6 is 0 Å². The van der Waals surface area contributed by atoms with Gasteiger partial charge in [0.15, 0.2) is 0 Å². The molecule has 4 rings (SSSR count). The number of rotatable bonds is 4. The van der Waals surface area contributed by atoms with Crippen LogP contribution in [0, 0.1) is 11.8 Å². The molecular formula is C17H22N4. The number of aromatic nitrogens is 3. The molecule has 0 amide bonds. The predicted molar refractivity (Wildman–Crippen MR) is 82.0 cm³/mol. The molecule has 0 bridgehead atoms. The number of hydrogen-bond acceptors (Lipinski definition) is 3. The molecule has 0 aliphatic heterocycles. The van der Waals surface area contributed by atoms with Crippen LogP contribution in [0.5, 0.6) is 0 Å². The molecule has 0 saturated heterocycles. The van der Waals surface area contributed by atoms with Gasteiger partial charge in [-0.15, -0.1) is 0 Å². The Morgan fingerprint density at radius 1 is 1.38 bits per heavy atom. The van der Waals surface area contributed by atoms with Crippen LogP contribution in [0.1, 0.15) is 29.3 Å². The van der Waals surface area contributed by atoms with E-state index in [1.165, 1.54) is 12.8 Å². The molecule has 0 radical (unpaired) electrons. The molecule has 2 aliphatic rings. The van der Waals surface area contributed by atoms with Gasteiger partial charge >= 0.3 is 0 Å². The van der Waals surface area contributed by atoms with Crippen molar-refractivity contribution < 1.29 is 0 Å². The van der Waals surface area contributed by atoms with Crippen LogP contribution in [0.4, 0.5) is 0 Å². The van der Waals surface area contributed by atoms with Crippen LogP contribution in [-0.2, 0) is 19.9 Å². The molecule has 1 heterocycles. The van der Waals surface area contributed by atoms with Crippen molar-refractivity contribution in [2.24, 2.45) is 18.9 Å². The maximum absolute atomic E-state index is 4.39. The summed E-state index contributed by atoms with van der Waals surface area (Å²) in [5.41, 5.74) is 3.16. The van der Waals surface area contributed by atoms with Crippen LogP contribution in [-0.4, -0.2) is 27.9 Å². The summed E-state index contributed by atoms with van der Waals surface area (Å²) in [5.74, 6) is 3.42. The van der Waals surface area contributed by atoms with Gasteiger partial charge in [0, 0.05) is 19.5 Å². The van der Waals surface area contributed by atoms with E-state index in [9.17, 15) is 0 Å². The lowest BCUT2D eigenvalue weighted by atomic mass is 9.92. The van der Waals surface area contributed by atoms with Crippen molar-refractivity contribution in [1.82, 2.24) is 20.1 Å². The highest BCUT2D eigenvalue weighted by Gasteiger charge is 2.55. The van der Waals surface area contributed by atoms with Gasteiger partial charge in [-0.25, -0.2) is 4.98 Å². The number of nitrogens with zero attached hydrogens (tertiary/aromatic N) is 3. The van der Waals surface area contributed by atoms with E-state index >= 15 is 0 Å². The summed E-state index contributed by atoms with van der Waals surface area (Å²) in [5, 5.41) is 7.72. The smallest absolute Gasteiger partial charge is 0.138 e. The van der Waals surface area contributed by atoms with Gasteiger partial charge in [-0.1, -0.05) is 24.3 Å². The molecule has 4 atom stereocenters. The monoisotopic (exact) mass is 282 g/mol. The maximum atomic E-state index is 4.39. The highest BCUT2D eigenvalue weighted by molar-refractivity contribution is 5.40. The van der Waals surface area contributed by atoms with Crippen molar-refractivity contribution in [3.05, 3.63) is 47.5 Å². The molecule has 2 aliphatic carbocycles. The Bertz CT molecular complexity index is 648. The lowest BCUT2D eigenvalue weighted by molar-refractivity contribution is 0.448. The predicted octanol–water partition coefficient (Wildman–Crippen LogP) is 1.92. The summed E-state index contributed by atoms with van der Waals surface area (Å²) >= 11 is 0. The van der Waals surface area contributed by atoms with Gasteiger partial charge in [-0.3, -0.25) is 4.68 Å². The summed E-state index contributed by atoms with van der Waals surface area (Å²) in [6.07, 6.45) is 5.20. The summed E-state index contributed by atoms with van der Waals surface area (Å²) in [7, 11) is 4.06. The minimum atomic E-state index is 0.494.